The summed E-state index contributed by atoms with van der Waals surface area (Å²) in [4.78, 5) is 29.7. The number of carbonyl (C=O) groups is 1. The highest BCUT2D eigenvalue weighted by Crippen LogP contribution is 2.31. The van der Waals surface area contributed by atoms with Crippen LogP contribution in [0.3, 0.4) is 0 Å². The van der Waals surface area contributed by atoms with Crippen molar-refractivity contribution in [2.45, 2.75) is 58.4 Å². The molecule has 0 aliphatic carbocycles. The first-order valence-electron chi connectivity index (χ1n) is 18.1. The molecule has 50 heavy (non-hydrogen) atoms. The first-order chi connectivity index (χ1) is 24.5. The van der Waals surface area contributed by atoms with Gasteiger partial charge in [-0.1, -0.05) is 56.7 Å². The van der Waals surface area contributed by atoms with Gasteiger partial charge in [0.2, 0.25) is 17.8 Å². The highest BCUT2D eigenvalue weighted by molar-refractivity contribution is 6.02. The molecular formula is C39H48N10O. The maximum absolute atomic E-state index is 12.7. The molecule has 0 atom stereocenters. The lowest BCUT2D eigenvalue weighted by Crippen LogP contribution is -2.31. The Balaban J connectivity index is 1.09. The first kappa shape index (κ1) is 33.6. The minimum Gasteiger partial charge on any atom is -0.354 e. The number of hydrogen-bond acceptors (Lipinski definition) is 9. The molecule has 0 spiro atoms. The smallest absolute Gasteiger partial charge is 0.248 e. The number of amides is 1. The third kappa shape index (κ3) is 7.95. The van der Waals surface area contributed by atoms with Gasteiger partial charge in [0.25, 0.3) is 0 Å². The molecule has 0 bridgehead atoms. The van der Waals surface area contributed by atoms with Crippen LogP contribution in [0, 0.1) is 5.92 Å². The van der Waals surface area contributed by atoms with Gasteiger partial charge < -0.3 is 21.3 Å². The molecule has 1 amide bonds. The van der Waals surface area contributed by atoms with Crippen LogP contribution >= 0.6 is 0 Å². The summed E-state index contributed by atoms with van der Waals surface area (Å²) in [5.74, 6) is 2.01. The van der Waals surface area contributed by atoms with Crippen LogP contribution in [-0.2, 0) is 11.3 Å². The van der Waals surface area contributed by atoms with E-state index in [0.717, 1.165) is 96.6 Å². The van der Waals surface area contributed by atoms with Gasteiger partial charge in [-0.2, -0.15) is 19.6 Å². The quantitative estimate of drug-likeness (QED) is 0.111. The number of piperidine rings is 2. The molecular weight excluding hydrogens is 624 g/mol. The zero-order valence-corrected chi connectivity index (χ0v) is 29.2. The van der Waals surface area contributed by atoms with Crippen LogP contribution in [0.4, 0.5) is 17.6 Å². The van der Waals surface area contributed by atoms with E-state index in [2.05, 4.69) is 57.2 Å². The maximum Gasteiger partial charge on any atom is 0.248 e. The van der Waals surface area contributed by atoms with Gasteiger partial charge >= 0.3 is 0 Å². The molecule has 7 rings (SSSR count). The third-order valence-corrected chi connectivity index (χ3v) is 9.85. The van der Waals surface area contributed by atoms with Crippen LogP contribution in [0.1, 0.15) is 63.0 Å². The predicted octanol–water partition coefficient (Wildman–Crippen LogP) is 6.47. The predicted molar refractivity (Wildman–Crippen MR) is 202 cm³/mol. The monoisotopic (exact) mass is 672 g/mol. The Bertz CT molecular complexity index is 1960. The summed E-state index contributed by atoms with van der Waals surface area (Å²) in [6.07, 6.45) is 13.4. The van der Waals surface area contributed by atoms with Gasteiger partial charge in [-0.25, -0.2) is 0 Å². The lowest BCUT2D eigenvalue weighted by molar-refractivity contribution is -0.111. The highest BCUT2D eigenvalue weighted by Gasteiger charge is 2.18. The van der Waals surface area contributed by atoms with Crippen molar-refractivity contribution in [3.05, 3.63) is 84.2 Å². The molecule has 2 fully saturated rings. The number of benzene rings is 2. The number of carbonyl (C=O) groups excluding carboxylic acids is 1. The lowest BCUT2D eigenvalue weighted by Gasteiger charge is -2.24. The second kappa shape index (κ2) is 15.8. The summed E-state index contributed by atoms with van der Waals surface area (Å²) in [6.45, 7) is 10.8. The lowest BCUT2D eigenvalue weighted by atomic mass is 9.98. The summed E-state index contributed by atoms with van der Waals surface area (Å²) in [6, 6.07) is 16.3. The van der Waals surface area contributed by atoms with E-state index in [1.807, 2.05) is 59.4 Å². The van der Waals surface area contributed by atoms with Crippen LogP contribution in [-0.4, -0.2) is 74.6 Å². The Morgan fingerprint density at radius 2 is 1.86 bits per heavy atom. The molecule has 3 aromatic heterocycles. The van der Waals surface area contributed by atoms with Crippen molar-refractivity contribution in [3.63, 3.8) is 0 Å². The van der Waals surface area contributed by atoms with Gasteiger partial charge in [0.05, 0.1) is 11.9 Å². The molecule has 11 nitrogen and oxygen atoms in total. The third-order valence-electron chi connectivity index (χ3n) is 9.85. The molecule has 2 aliphatic rings. The van der Waals surface area contributed by atoms with E-state index >= 15 is 0 Å². The molecule has 260 valence electrons. The van der Waals surface area contributed by atoms with Gasteiger partial charge in [0.15, 0.2) is 5.65 Å². The number of pyridine rings is 1. The van der Waals surface area contributed by atoms with Gasteiger partial charge in [-0.15, -0.1) is 0 Å². The molecule has 0 radical (unpaired) electrons. The van der Waals surface area contributed by atoms with Crippen LogP contribution in [0.5, 0.6) is 0 Å². The summed E-state index contributed by atoms with van der Waals surface area (Å²) >= 11 is 0. The topological polar surface area (TPSA) is 124 Å². The Morgan fingerprint density at radius 1 is 1.02 bits per heavy atom. The minimum atomic E-state index is -0.117. The molecule has 0 unspecified atom stereocenters. The standard InChI is InChI=1S/C39H48N10O/c1-27(2)34-26-44-49-37(34)46-38(42-24-28-14-17-40-18-15-28)47-39(49)43-25-30-9-4-5-10-32(30)36-33-13-12-31(23-29(33)16-19-41-36)45-35(50)11-8-22-48-20-6-3-7-21-48/h4-5,8-13,16,19,23,26-28,40H,3,6-7,14-15,17-18,20-22,24-25H2,1-2H3,(H,45,50)(H2,42,43,46,47)/b11-8+. The zero-order chi connectivity index (χ0) is 34.3. The molecule has 0 saturated carbocycles. The summed E-state index contributed by atoms with van der Waals surface area (Å²) in [5.41, 5.74) is 5.66. The Labute approximate surface area is 294 Å². The second-order valence-corrected chi connectivity index (χ2v) is 13.8. The molecule has 2 aliphatic heterocycles. The molecule has 5 aromatic rings. The van der Waals surface area contributed by atoms with E-state index in [1.54, 1.807) is 6.08 Å². The maximum atomic E-state index is 12.7. The van der Waals surface area contributed by atoms with Crippen molar-refractivity contribution in [2.24, 2.45) is 5.92 Å². The fourth-order valence-electron chi connectivity index (χ4n) is 7.00. The first-order valence-corrected chi connectivity index (χ1v) is 18.1. The van der Waals surface area contributed by atoms with Gasteiger partial charge in [0.1, 0.15) is 0 Å². The van der Waals surface area contributed by atoms with Crippen molar-refractivity contribution in [2.75, 3.05) is 55.2 Å². The van der Waals surface area contributed by atoms with Gasteiger partial charge in [-0.3, -0.25) is 14.7 Å². The van der Waals surface area contributed by atoms with Gasteiger partial charge in [-0.05, 0) is 92.8 Å². The Kier molecular flexibility index (Phi) is 10.6. The van der Waals surface area contributed by atoms with Crippen molar-refractivity contribution in [1.82, 2.24) is 34.8 Å². The number of nitrogens with one attached hydrogen (secondary N) is 4. The highest BCUT2D eigenvalue weighted by atomic mass is 16.1. The summed E-state index contributed by atoms with van der Waals surface area (Å²) < 4.78 is 1.81. The molecule has 2 aromatic carbocycles. The largest absolute Gasteiger partial charge is 0.354 e. The molecule has 2 saturated heterocycles. The van der Waals surface area contributed by atoms with Crippen LogP contribution in [0.25, 0.3) is 27.7 Å². The van der Waals surface area contributed by atoms with Crippen molar-refractivity contribution < 1.29 is 4.79 Å². The van der Waals surface area contributed by atoms with E-state index < -0.39 is 0 Å². The Hall–Kier alpha value is -4.87. The number of aromatic nitrogens is 5. The normalized spacial score (nSPS) is 16.1. The number of rotatable bonds is 12. The number of hydrogen-bond donors (Lipinski definition) is 4. The van der Waals surface area contributed by atoms with E-state index in [0.29, 0.717) is 24.4 Å². The number of likely N-dealkylation sites (tertiary alicyclic amines) is 1. The summed E-state index contributed by atoms with van der Waals surface area (Å²) in [7, 11) is 0. The van der Waals surface area contributed by atoms with E-state index in [-0.39, 0.29) is 11.8 Å². The van der Waals surface area contributed by atoms with Crippen molar-refractivity contribution in [1.29, 1.82) is 0 Å². The molecule has 4 N–H and O–H groups in total. The van der Waals surface area contributed by atoms with Crippen molar-refractivity contribution in [3.8, 4) is 11.3 Å². The fourth-order valence-corrected chi connectivity index (χ4v) is 7.00. The number of anilines is 3. The fraction of sp³-hybridized carbons (Fsp3) is 0.410. The average Bonchev–Trinajstić information content (AvgIpc) is 3.58. The van der Waals surface area contributed by atoms with E-state index in [4.69, 9.17) is 15.0 Å². The SMILES string of the molecule is CC(C)c1cnn2c(NCc3ccccc3-c3nccc4cc(NC(=O)/C=C/CN5CCCCC5)ccc34)nc(NCC3CCNCC3)nc12. The number of nitrogens with zero attached hydrogens (tertiary/aromatic N) is 6. The Morgan fingerprint density at radius 3 is 2.70 bits per heavy atom. The molecule has 5 heterocycles. The van der Waals surface area contributed by atoms with Crippen molar-refractivity contribution >= 4 is 39.9 Å². The second-order valence-electron chi connectivity index (χ2n) is 13.8. The van der Waals surface area contributed by atoms with Gasteiger partial charge in [0, 0.05) is 54.1 Å². The number of fused-ring (bicyclic) bond motifs is 2. The molecule has 11 heteroatoms. The summed E-state index contributed by atoms with van der Waals surface area (Å²) in [5, 5.41) is 20.3. The van der Waals surface area contributed by atoms with E-state index in [9.17, 15) is 4.79 Å². The van der Waals surface area contributed by atoms with Crippen LogP contribution < -0.4 is 21.3 Å². The van der Waals surface area contributed by atoms with Crippen LogP contribution in [0.2, 0.25) is 0 Å². The average molecular weight is 673 g/mol. The zero-order valence-electron chi connectivity index (χ0n) is 29.2. The van der Waals surface area contributed by atoms with Crippen LogP contribution in [0.15, 0.2) is 73.1 Å². The van der Waals surface area contributed by atoms with E-state index in [1.165, 1.54) is 19.3 Å². The minimum absolute atomic E-state index is 0.117.